The zero-order valence-corrected chi connectivity index (χ0v) is 9.12. The predicted octanol–water partition coefficient (Wildman–Crippen LogP) is 0.852. The summed E-state index contributed by atoms with van der Waals surface area (Å²) in [6.45, 7) is 5.18. The molecule has 4 heteroatoms. The van der Waals surface area contributed by atoms with Crippen molar-refractivity contribution in [1.29, 1.82) is 0 Å². The number of carbonyl (C=O) groups is 1. The Morgan fingerprint density at radius 1 is 1.43 bits per heavy atom. The van der Waals surface area contributed by atoms with Gasteiger partial charge in [-0.3, -0.25) is 4.79 Å². The fourth-order valence-corrected chi connectivity index (χ4v) is 0.966. The Balaban J connectivity index is 3.55. The highest BCUT2D eigenvalue weighted by Crippen LogP contribution is 2.10. The molecule has 84 valence electrons. The van der Waals surface area contributed by atoms with Crippen LogP contribution in [-0.4, -0.2) is 34.5 Å². The van der Waals surface area contributed by atoms with E-state index in [1.165, 1.54) is 0 Å². The summed E-state index contributed by atoms with van der Waals surface area (Å²) in [5.41, 5.74) is -0.452. The summed E-state index contributed by atoms with van der Waals surface area (Å²) in [4.78, 5) is 11.2. The summed E-state index contributed by atoms with van der Waals surface area (Å²) < 4.78 is 5.07. The summed E-state index contributed by atoms with van der Waals surface area (Å²) in [7, 11) is 0. The van der Waals surface area contributed by atoms with E-state index in [4.69, 9.17) is 14.9 Å². The largest absolute Gasteiger partial charge is 0.460 e. The van der Waals surface area contributed by atoms with Crippen molar-refractivity contribution in [3.63, 3.8) is 0 Å². The Hall–Kier alpha value is -0.610. The van der Waals surface area contributed by atoms with E-state index < -0.39 is 11.7 Å². The van der Waals surface area contributed by atoms with Crippen LogP contribution in [0.2, 0.25) is 0 Å². The standard InChI is InChI=1S/C10H20O4/c1-10(2,3)14-9(13)6-4-5-8(12)7-11/h8,11-12H,4-7H2,1-3H3/t8-/m1/s1. The number of rotatable bonds is 5. The van der Waals surface area contributed by atoms with Crippen LogP contribution in [0.15, 0.2) is 0 Å². The van der Waals surface area contributed by atoms with Gasteiger partial charge in [-0.15, -0.1) is 0 Å². The van der Waals surface area contributed by atoms with E-state index in [1.54, 1.807) is 0 Å². The molecule has 0 heterocycles. The van der Waals surface area contributed by atoms with Crippen molar-refractivity contribution in [2.45, 2.75) is 51.7 Å². The minimum Gasteiger partial charge on any atom is -0.460 e. The summed E-state index contributed by atoms with van der Waals surface area (Å²) >= 11 is 0. The van der Waals surface area contributed by atoms with Crippen molar-refractivity contribution < 1.29 is 19.7 Å². The van der Waals surface area contributed by atoms with Gasteiger partial charge in [-0.1, -0.05) is 0 Å². The second-order valence-electron chi connectivity index (χ2n) is 4.32. The van der Waals surface area contributed by atoms with Crippen LogP contribution in [0.25, 0.3) is 0 Å². The average Bonchev–Trinajstić information content (AvgIpc) is 2.00. The molecule has 0 aliphatic rings. The normalized spacial score (nSPS) is 13.8. The first kappa shape index (κ1) is 13.4. The molecule has 0 saturated heterocycles. The molecule has 0 aliphatic carbocycles. The first-order valence-electron chi connectivity index (χ1n) is 4.86. The predicted molar refractivity (Wildman–Crippen MR) is 52.8 cm³/mol. The minimum absolute atomic E-state index is 0.256. The lowest BCUT2D eigenvalue weighted by Crippen LogP contribution is -2.24. The number of hydrogen-bond donors (Lipinski definition) is 2. The quantitative estimate of drug-likeness (QED) is 0.651. The summed E-state index contributed by atoms with van der Waals surface area (Å²) in [5.74, 6) is -0.261. The summed E-state index contributed by atoms with van der Waals surface area (Å²) in [6, 6.07) is 0. The van der Waals surface area contributed by atoms with Gasteiger partial charge >= 0.3 is 5.97 Å². The monoisotopic (exact) mass is 204 g/mol. The lowest BCUT2D eigenvalue weighted by atomic mass is 10.1. The van der Waals surface area contributed by atoms with Gasteiger partial charge in [0.25, 0.3) is 0 Å². The van der Waals surface area contributed by atoms with E-state index in [1.807, 2.05) is 20.8 Å². The topological polar surface area (TPSA) is 66.8 Å². The van der Waals surface area contributed by atoms with Crippen molar-refractivity contribution in [2.24, 2.45) is 0 Å². The second kappa shape index (κ2) is 5.98. The minimum atomic E-state index is -0.725. The van der Waals surface area contributed by atoms with Crippen LogP contribution in [-0.2, 0) is 9.53 Å². The average molecular weight is 204 g/mol. The fraction of sp³-hybridized carbons (Fsp3) is 0.900. The van der Waals surface area contributed by atoms with Crippen LogP contribution < -0.4 is 0 Å². The molecule has 2 N–H and O–H groups in total. The third-order valence-electron chi connectivity index (χ3n) is 1.55. The highest BCUT2D eigenvalue weighted by Gasteiger charge is 2.15. The van der Waals surface area contributed by atoms with Crippen LogP contribution in [0.5, 0.6) is 0 Å². The van der Waals surface area contributed by atoms with Crippen LogP contribution in [0.3, 0.4) is 0 Å². The van der Waals surface area contributed by atoms with Crippen molar-refractivity contribution >= 4 is 5.97 Å². The molecule has 4 nitrogen and oxygen atoms in total. The molecule has 0 unspecified atom stereocenters. The van der Waals surface area contributed by atoms with Gasteiger partial charge in [-0.2, -0.15) is 0 Å². The van der Waals surface area contributed by atoms with Crippen LogP contribution in [0.1, 0.15) is 40.0 Å². The molecular formula is C10H20O4. The molecule has 0 spiro atoms. The Morgan fingerprint density at radius 2 is 2.00 bits per heavy atom. The maximum Gasteiger partial charge on any atom is 0.306 e. The van der Waals surface area contributed by atoms with E-state index in [0.717, 1.165) is 0 Å². The van der Waals surface area contributed by atoms with Gasteiger partial charge in [-0.25, -0.2) is 0 Å². The highest BCUT2D eigenvalue weighted by molar-refractivity contribution is 5.69. The van der Waals surface area contributed by atoms with E-state index >= 15 is 0 Å². The smallest absolute Gasteiger partial charge is 0.306 e. The first-order chi connectivity index (χ1) is 6.35. The third-order valence-corrected chi connectivity index (χ3v) is 1.55. The van der Waals surface area contributed by atoms with Crippen molar-refractivity contribution in [1.82, 2.24) is 0 Å². The molecule has 0 radical (unpaired) electrons. The van der Waals surface area contributed by atoms with Gasteiger partial charge in [0, 0.05) is 6.42 Å². The molecule has 0 aromatic rings. The van der Waals surface area contributed by atoms with Gasteiger partial charge < -0.3 is 14.9 Å². The maximum atomic E-state index is 11.2. The van der Waals surface area contributed by atoms with Crippen molar-refractivity contribution in [2.75, 3.05) is 6.61 Å². The maximum absolute atomic E-state index is 11.2. The number of ether oxygens (including phenoxy) is 1. The lowest BCUT2D eigenvalue weighted by molar-refractivity contribution is -0.155. The van der Waals surface area contributed by atoms with E-state index in [0.29, 0.717) is 12.8 Å². The van der Waals surface area contributed by atoms with Crippen LogP contribution in [0, 0.1) is 0 Å². The van der Waals surface area contributed by atoms with Crippen LogP contribution in [0.4, 0.5) is 0 Å². The Kier molecular flexibility index (Phi) is 5.72. The van der Waals surface area contributed by atoms with Gasteiger partial charge in [0.05, 0.1) is 12.7 Å². The SMILES string of the molecule is CC(C)(C)OC(=O)CCC[C@@H](O)CO. The zero-order chi connectivity index (χ0) is 11.2. The highest BCUT2D eigenvalue weighted by atomic mass is 16.6. The molecule has 0 bridgehead atoms. The number of carbonyl (C=O) groups excluding carboxylic acids is 1. The summed E-state index contributed by atoms with van der Waals surface area (Å²) in [5, 5.41) is 17.5. The molecule has 0 aromatic carbocycles. The lowest BCUT2D eigenvalue weighted by Gasteiger charge is -2.19. The molecule has 0 aliphatic heterocycles. The van der Waals surface area contributed by atoms with Gasteiger partial charge in [0.2, 0.25) is 0 Å². The van der Waals surface area contributed by atoms with E-state index in [-0.39, 0.29) is 19.0 Å². The molecule has 0 aromatic heterocycles. The summed E-state index contributed by atoms with van der Waals surface area (Å²) in [6.07, 6.45) is 0.526. The molecule has 0 rings (SSSR count). The number of hydrogen-bond acceptors (Lipinski definition) is 4. The van der Waals surface area contributed by atoms with Crippen molar-refractivity contribution in [3.05, 3.63) is 0 Å². The third kappa shape index (κ3) is 8.01. The first-order valence-corrected chi connectivity index (χ1v) is 4.86. The zero-order valence-electron chi connectivity index (χ0n) is 9.12. The molecule has 1 atom stereocenters. The van der Waals surface area contributed by atoms with Gasteiger partial charge in [-0.05, 0) is 33.6 Å². The Morgan fingerprint density at radius 3 is 2.43 bits per heavy atom. The molecule has 0 amide bonds. The van der Waals surface area contributed by atoms with Gasteiger partial charge in [0.15, 0.2) is 0 Å². The van der Waals surface area contributed by atoms with Crippen LogP contribution >= 0.6 is 0 Å². The number of aliphatic hydroxyl groups is 2. The Labute approximate surface area is 84.9 Å². The molecule has 0 fully saturated rings. The number of aliphatic hydroxyl groups excluding tert-OH is 2. The van der Waals surface area contributed by atoms with Crippen molar-refractivity contribution in [3.8, 4) is 0 Å². The van der Waals surface area contributed by atoms with E-state index in [2.05, 4.69) is 0 Å². The van der Waals surface area contributed by atoms with Gasteiger partial charge in [0.1, 0.15) is 5.60 Å². The molecular weight excluding hydrogens is 184 g/mol. The fourth-order valence-electron chi connectivity index (χ4n) is 0.966. The second-order valence-corrected chi connectivity index (χ2v) is 4.32. The Bertz CT molecular complexity index is 171. The number of esters is 1. The van der Waals surface area contributed by atoms with E-state index in [9.17, 15) is 4.79 Å². The molecule has 14 heavy (non-hydrogen) atoms. The molecule has 0 saturated carbocycles.